The highest BCUT2D eigenvalue weighted by atomic mass is 35.5. The van der Waals surface area contributed by atoms with Crippen molar-refractivity contribution in [1.29, 1.82) is 0 Å². The van der Waals surface area contributed by atoms with Crippen molar-refractivity contribution in [1.82, 2.24) is 20.0 Å². The summed E-state index contributed by atoms with van der Waals surface area (Å²) in [6.07, 6.45) is 1.50. The fourth-order valence-corrected chi connectivity index (χ4v) is 3.11. The smallest absolute Gasteiger partial charge is 0.289 e. The van der Waals surface area contributed by atoms with Gasteiger partial charge in [-0.05, 0) is 19.1 Å². The van der Waals surface area contributed by atoms with Crippen LogP contribution in [0.1, 0.15) is 17.5 Å². The number of nitrogens with one attached hydrogen (secondary N) is 1. The molecule has 3 rings (SSSR count). The molecule has 7 nitrogen and oxygen atoms in total. The summed E-state index contributed by atoms with van der Waals surface area (Å²) in [5, 5.41) is 3.33. The predicted molar refractivity (Wildman–Crippen MR) is 92.3 cm³/mol. The van der Waals surface area contributed by atoms with Crippen LogP contribution in [0, 0.1) is 0 Å². The molecule has 2 aliphatic heterocycles. The van der Waals surface area contributed by atoms with Crippen molar-refractivity contribution in [2.75, 3.05) is 52.4 Å². The molecule has 3 heterocycles. The highest BCUT2D eigenvalue weighted by molar-refractivity contribution is 5.91. The fraction of sp³-hybridized carbons (Fsp3) is 0.625. The van der Waals surface area contributed by atoms with Gasteiger partial charge in [-0.15, -0.1) is 12.4 Å². The molecule has 24 heavy (non-hydrogen) atoms. The third-order valence-corrected chi connectivity index (χ3v) is 4.63. The van der Waals surface area contributed by atoms with Crippen molar-refractivity contribution in [2.45, 2.75) is 13.0 Å². The minimum Gasteiger partial charge on any atom is -0.459 e. The molecule has 2 fully saturated rings. The Kier molecular flexibility index (Phi) is 6.65. The van der Waals surface area contributed by atoms with E-state index in [4.69, 9.17) is 4.42 Å². The van der Waals surface area contributed by atoms with Crippen molar-refractivity contribution < 1.29 is 14.0 Å². The van der Waals surface area contributed by atoms with Crippen LogP contribution >= 0.6 is 12.4 Å². The maximum Gasteiger partial charge on any atom is 0.289 e. The molecule has 0 aromatic carbocycles. The zero-order valence-electron chi connectivity index (χ0n) is 13.9. The number of halogens is 1. The molecule has 1 atom stereocenters. The van der Waals surface area contributed by atoms with Crippen molar-refractivity contribution in [2.24, 2.45) is 0 Å². The third kappa shape index (κ3) is 4.28. The van der Waals surface area contributed by atoms with Gasteiger partial charge in [0.25, 0.3) is 5.91 Å². The molecular formula is C16H25ClN4O3. The van der Waals surface area contributed by atoms with E-state index in [-0.39, 0.29) is 24.2 Å². The van der Waals surface area contributed by atoms with Gasteiger partial charge in [0.15, 0.2) is 5.76 Å². The number of hydrogen-bond donors (Lipinski definition) is 1. The van der Waals surface area contributed by atoms with E-state index >= 15 is 0 Å². The van der Waals surface area contributed by atoms with Crippen LogP contribution in [0.15, 0.2) is 22.8 Å². The standard InChI is InChI=1S/C16H24N4O3.ClH/c1-13-11-17-4-5-20(13)12-15(21)18-6-8-19(9-7-18)16(22)14-3-2-10-23-14;/h2-3,10,13,17H,4-9,11-12H2,1H3;1H/t13-;/m0./s1. The van der Waals surface area contributed by atoms with Crippen LogP contribution in [0.2, 0.25) is 0 Å². The first-order valence-corrected chi connectivity index (χ1v) is 8.20. The number of carbonyl (C=O) groups is 2. The molecule has 0 aliphatic carbocycles. The lowest BCUT2D eigenvalue weighted by Crippen LogP contribution is -2.56. The second-order valence-electron chi connectivity index (χ2n) is 6.17. The lowest BCUT2D eigenvalue weighted by atomic mass is 10.2. The molecule has 8 heteroatoms. The van der Waals surface area contributed by atoms with Gasteiger partial charge in [0.05, 0.1) is 12.8 Å². The van der Waals surface area contributed by atoms with Gasteiger partial charge < -0.3 is 19.5 Å². The van der Waals surface area contributed by atoms with E-state index in [1.54, 1.807) is 17.0 Å². The fourth-order valence-electron chi connectivity index (χ4n) is 3.11. The van der Waals surface area contributed by atoms with Gasteiger partial charge in [0.1, 0.15) is 0 Å². The Morgan fingerprint density at radius 1 is 1.21 bits per heavy atom. The Bertz CT molecular complexity index is 544. The molecule has 0 radical (unpaired) electrons. The first kappa shape index (κ1) is 18.8. The van der Waals surface area contributed by atoms with E-state index < -0.39 is 0 Å². The summed E-state index contributed by atoms with van der Waals surface area (Å²) in [6, 6.07) is 3.77. The maximum absolute atomic E-state index is 12.5. The summed E-state index contributed by atoms with van der Waals surface area (Å²) < 4.78 is 5.15. The third-order valence-electron chi connectivity index (χ3n) is 4.63. The van der Waals surface area contributed by atoms with Gasteiger partial charge in [0, 0.05) is 51.9 Å². The van der Waals surface area contributed by atoms with Crippen molar-refractivity contribution in [3.05, 3.63) is 24.2 Å². The Balaban J connectivity index is 0.00000208. The topological polar surface area (TPSA) is 69.0 Å². The van der Waals surface area contributed by atoms with Crippen molar-refractivity contribution in [3.8, 4) is 0 Å². The Hall–Kier alpha value is -1.57. The normalized spacial score (nSPS) is 22.1. The lowest BCUT2D eigenvalue weighted by Gasteiger charge is -2.38. The molecule has 1 N–H and O–H groups in total. The Morgan fingerprint density at radius 3 is 2.54 bits per heavy atom. The zero-order chi connectivity index (χ0) is 16.2. The lowest BCUT2D eigenvalue weighted by molar-refractivity contribution is -0.134. The van der Waals surface area contributed by atoms with E-state index in [1.165, 1.54) is 6.26 Å². The molecule has 0 bridgehead atoms. The SMILES string of the molecule is C[C@H]1CNCCN1CC(=O)N1CCN(C(=O)c2ccco2)CC1.Cl. The van der Waals surface area contributed by atoms with Gasteiger partial charge in [-0.3, -0.25) is 14.5 Å². The van der Waals surface area contributed by atoms with E-state index in [1.807, 2.05) is 4.90 Å². The van der Waals surface area contributed by atoms with Crippen LogP contribution in [0.25, 0.3) is 0 Å². The highest BCUT2D eigenvalue weighted by Gasteiger charge is 2.28. The Labute approximate surface area is 148 Å². The van der Waals surface area contributed by atoms with E-state index in [0.29, 0.717) is 44.5 Å². The van der Waals surface area contributed by atoms with Crippen LogP contribution in [0.3, 0.4) is 0 Å². The first-order chi connectivity index (χ1) is 11.1. The summed E-state index contributed by atoms with van der Waals surface area (Å²) in [5.41, 5.74) is 0. The van der Waals surface area contributed by atoms with Crippen LogP contribution in [-0.4, -0.2) is 84.9 Å². The first-order valence-electron chi connectivity index (χ1n) is 8.20. The predicted octanol–water partition coefficient (Wildman–Crippen LogP) is 0.280. The van der Waals surface area contributed by atoms with Gasteiger partial charge in [-0.1, -0.05) is 0 Å². The average Bonchev–Trinajstić information content (AvgIpc) is 3.11. The number of rotatable bonds is 3. The average molecular weight is 357 g/mol. The highest BCUT2D eigenvalue weighted by Crippen LogP contribution is 2.10. The summed E-state index contributed by atoms with van der Waals surface area (Å²) in [7, 11) is 0. The number of nitrogens with zero attached hydrogens (tertiary/aromatic N) is 3. The minimum absolute atomic E-state index is 0. The van der Waals surface area contributed by atoms with Crippen LogP contribution < -0.4 is 5.32 Å². The molecular weight excluding hydrogens is 332 g/mol. The quantitative estimate of drug-likeness (QED) is 0.842. The summed E-state index contributed by atoms with van der Waals surface area (Å²) in [6.45, 7) is 7.67. The zero-order valence-corrected chi connectivity index (χ0v) is 14.8. The number of piperazine rings is 2. The van der Waals surface area contributed by atoms with Gasteiger partial charge in [-0.2, -0.15) is 0 Å². The number of furan rings is 1. The molecule has 0 spiro atoms. The van der Waals surface area contributed by atoms with Crippen LogP contribution in [0.4, 0.5) is 0 Å². The van der Waals surface area contributed by atoms with Crippen LogP contribution in [-0.2, 0) is 4.79 Å². The molecule has 134 valence electrons. The number of amides is 2. The van der Waals surface area contributed by atoms with Gasteiger partial charge in [-0.25, -0.2) is 0 Å². The van der Waals surface area contributed by atoms with Gasteiger partial charge >= 0.3 is 0 Å². The Morgan fingerprint density at radius 2 is 1.92 bits per heavy atom. The van der Waals surface area contributed by atoms with E-state index in [9.17, 15) is 9.59 Å². The number of carbonyl (C=O) groups excluding carboxylic acids is 2. The summed E-state index contributed by atoms with van der Waals surface area (Å²) in [5.74, 6) is 0.418. The largest absolute Gasteiger partial charge is 0.459 e. The van der Waals surface area contributed by atoms with Crippen molar-refractivity contribution >= 4 is 24.2 Å². The molecule has 1 aromatic rings. The molecule has 2 amide bonds. The number of hydrogen-bond acceptors (Lipinski definition) is 5. The van der Waals surface area contributed by atoms with E-state index in [0.717, 1.165) is 19.6 Å². The molecule has 0 saturated carbocycles. The second-order valence-corrected chi connectivity index (χ2v) is 6.17. The minimum atomic E-state index is -0.0992. The molecule has 2 aliphatic rings. The molecule has 0 unspecified atom stereocenters. The van der Waals surface area contributed by atoms with Crippen LogP contribution in [0.5, 0.6) is 0 Å². The molecule has 2 saturated heterocycles. The van der Waals surface area contributed by atoms with Gasteiger partial charge in [0.2, 0.25) is 5.91 Å². The van der Waals surface area contributed by atoms with Crippen molar-refractivity contribution in [3.63, 3.8) is 0 Å². The second kappa shape index (κ2) is 8.50. The van der Waals surface area contributed by atoms with E-state index in [2.05, 4.69) is 17.1 Å². The maximum atomic E-state index is 12.5. The summed E-state index contributed by atoms with van der Waals surface area (Å²) >= 11 is 0. The summed E-state index contributed by atoms with van der Waals surface area (Å²) in [4.78, 5) is 30.5. The molecule has 1 aromatic heterocycles. The monoisotopic (exact) mass is 356 g/mol.